The molecule has 0 spiro atoms. The van der Waals surface area contributed by atoms with Crippen LogP contribution in [0.4, 0.5) is 0 Å². The van der Waals surface area contributed by atoms with E-state index in [0.717, 1.165) is 17.8 Å². The lowest BCUT2D eigenvalue weighted by Gasteiger charge is -2.20. The van der Waals surface area contributed by atoms with Crippen molar-refractivity contribution in [2.75, 3.05) is 13.7 Å². The van der Waals surface area contributed by atoms with E-state index in [9.17, 15) is 0 Å². The summed E-state index contributed by atoms with van der Waals surface area (Å²) in [4.78, 5) is 4.74. The molecule has 1 aliphatic heterocycles. The van der Waals surface area contributed by atoms with Crippen molar-refractivity contribution in [2.24, 2.45) is 0 Å². The van der Waals surface area contributed by atoms with Crippen LogP contribution < -0.4 is 10.1 Å². The summed E-state index contributed by atoms with van der Waals surface area (Å²) < 4.78 is 6.57. The Balaban J connectivity index is 2.00. The fraction of sp³-hybridized carbons (Fsp3) is 0.462. The number of rotatable bonds is 2. The third kappa shape index (κ3) is 2.03. The molecule has 0 aliphatic carbocycles. The van der Waals surface area contributed by atoms with Gasteiger partial charge in [0.1, 0.15) is 16.3 Å². The Morgan fingerprint density at radius 2 is 2.35 bits per heavy atom. The number of hydrogen-bond donors (Lipinski definition) is 1. The molecule has 1 aromatic heterocycles. The summed E-state index contributed by atoms with van der Waals surface area (Å²) in [5, 5.41) is 4.74. The number of ether oxygens (including phenoxy) is 1. The van der Waals surface area contributed by atoms with Crippen LogP contribution in [0, 0.1) is 0 Å². The van der Waals surface area contributed by atoms with Gasteiger partial charge in [-0.3, -0.25) is 0 Å². The molecule has 0 radical (unpaired) electrons. The number of nitrogens with one attached hydrogen (secondary N) is 1. The molecule has 3 nitrogen and oxygen atoms in total. The second-order valence-corrected chi connectivity index (χ2v) is 5.42. The Hall–Kier alpha value is -1.13. The van der Waals surface area contributed by atoms with E-state index in [1.165, 1.54) is 29.0 Å². The normalized spacial score (nSPS) is 20.6. The molecule has 0 amide bonds. The van der Waals surface area contributed by atoms with Crippen molar-refractivity contribution in [1.82, 2.24) is 10.3 Å². The summed E-state index contributed by atoms with van der Waals surface area (Å²) in [6.45, 7) is 1.11. The number of para-hydroxylation sites is 1. The van der Waals surface area contributed by atoms with Gasteiger partial charge in [-0.05, 0) is 31.5 Å². The first-order chi connectivity index (χ1) is 8.38. The highest BCUT2D eigenvalue weighted by Crippen LogP contribution is 2.34. The van der Waals surface area contributed by atoms with Gasteiger partial charge in [0.05, 0.1) is 17.9 Å². The Labute approximate surface area is 105 Å². The molecule has 4 heteroatoms. The Morgan fingerprint density at radius 3 is 3.12 bits per heavy atom. The highest BCUT2D eigenvalue weighted by atomic mass is 32.1. The number of fused-ring (bicyclic) bond motifs is 1. The molecule has 1 fully saturated rings. The van der Waals surface area contributed by atoms with Crippen LogP contribution in [-0.2, 0) is 0 Å². The van der Waals surface area contributed by atoms with E-state index in [-0.39, 0.29) is 0 Å². The summed E-state index contributed by atoms with van der Waals surface area (Å²) in [7, 11) is 1.70. The average molecular weight is 248 g/mol. The summed E-state index contributed by atoms with van der Waals surface area (Å²) in [5.41, 5.74) is 1.00. The summed E-state index contributed by atoms with van der Waals surface area (Å²) in [6.07, 6.45) is 3.78. The Bertz CT molecular complexity index is 517. The molecular formula is C13H16N2OS. The summed E-state index contributed by atoms with van der Waals surface area (Å²) in [6, 6.07) is 6.55. The lowest BCUT2D eigenvalue weighted by atomic mass is 10.1. The minimum absolute atomic E-state index is 0.436. The largest absolute Gasteiger partial charge is 0.494 e. The fourth-order valence-electron chi connectivity index (χ4n) is 2.32. The van der Waals surface area contributed by atoms with Crippen molar-refractivity contribution in [1.29, 1.82) is 0 Å². The monoisotopic (exact) mass is 248 g/mol. The smallest absolute Gasteiger partial charge is 0.145 e. The highest BCUT2D eigenvalue weighted by molar-refractivity contribution is 7.18. The molecule has 0 saturated carbocycles. The molecule has 1 atom stereocenters. The van der Waals surface area contributed by atoms with Crippen LogP contribution in [0.3, 0.4) is 0 Å². The molecule has 1 saturated heterocycles. The SMILES string of the molecule is COc1cccc2sc(C3CCCCN3)nc12. The van der Waals surface area contributed by atoms with Crippen LogP contribution in [0.25, 0.3) is 10.2 Å². The number of benzene rings is 1. The average Bonchev–Trinajstić information content (AvgIpc) is 2.83. The van der Waals surface area contributed by atoms with Crippen LogP contribution in [0.1, 0.15) is 30.3 Å². The minimum Gasteiger partial charge on any atom is -0.494 e. The molecule has 2 heterocycles. The molecule has 90 valence electrons. The number of methoxy groups -OCH3 is 1. The van der Waals surface area contributed by atoms with Gasteiger partial charge in [0.2, 0.25) is 0 Å². The number of hydrogen-bond acceptors (Lipinski definition) is 4. The lowest BCUT2D eigenvalue weighted by molar-refractivity contribution is 0.409. The second-order valence-electron chi connectivity index (χ2n) is 4.36. The van der Waals surface area contributed by atoms with E-state index in [2.05, 4.69) is 11.4 Å². The van der Waals surface area contributed by atoms with Crippen molar-refractivity contribution in [3.63, 3.8) is 0 Å². The molecular weight excluding hydrogens is 232 g/mol. The van der Waals surface area contributed by atoms with Gasteiger partial charge in [-0.25, -0.2) is 4.98 Å². The topological polar surface area (TPSA) is 34.1 Å². The van der Waals surface area contributed by atoms with Crippen molar-refractivity contribution < 1.29 is 4.74 Å². The zero-order valence-corrected chi connectivity index (χ0v) is 10.7. The van der Waals surface area contributed by atoms with Crippen LogP contribution in [0.2, 0.25) is 0 Å². The van der Waals surface area contributed by atoms with Crippen LogP contribution in [0.5, 0.6) is 5.75 Å². The van der Waals surface area contributed by atoms with Crippen LogP contribution in [-0.4, -0.2) is 18.6 Å². The predicted octanol–water partition coefficient (Wildman–Crippen LogP) is 3.12. The first-order valence-corrected chi connectivity index (χ1v) is 6.87. The van der Waals surface area contributed by atoms with E-state index in [1.807, 2.05) is 12.1 Å². The van der Waals surface area contributed by atoms with Gasteiger partial charge in [0, 0.05) is 0 Å². The molecule has 1 unspecified atom stereocenters. The first kappa shape index (κ1) is 11.0. The van der Waals surface area contributed by atoms with Crippen LogP contribution in [0.15, 0.2) is 18.2 Å². The summed E-state index contributed by atoms with van der Waals surface area (Å²) >= 11 is 1.78. The maximum atomic E-state index is 5.35. The molecule has 2 aromatic rings. The molecule has 1 N–H and O–H groups in total. The minimum atomic E-state index is 0.436. The second kappa shape index (κ2) is 4.63. The number of aromatic nitrogens is 1. The lowest BCUT2D eigenvalue weighted by Crippen LogP contribution is -2.26. The molecule has 0 bridgehead atoms. The first-order valence-electron chi connectivity index (χ1n) is 6.05. The Morgan fingerprint density at radius 1 is 1.41 bits per heavy atom. The molecule has 17 heavy (non-hydrogen) atoms. The van der Waals surface area contributed by atoms with Gasteiger partial charge in [-0.1, -0.05) is 12.5 Å². The van der Waals surface area contributed by atoms with Crippen molar-refractivity contribution in [2.45, 2.75) is 25.3 Å². The number of nitrogens with zero attached hydrogens (tertiary/aromatic N) is 1. The van der Waals surface area contributed by atoms with E-state index in [1.54, 1.807) is 18.4 Å². The number of piperidine rings is 1. The van der Waals surface area contributed by atoms with E-state index in [4.69, 9.17) is 9.72 Å². The van der Waals surface area contributed by atoms with Gasteiger partial charge in [0.15, 0.2) is 0 Å². The van der Waals surface area contributed by atoms with Gasteiger partial charge in [-0.2, -0.15) is 0 Å². The van der Waals surface area contributed by atoms with E-state index >= 15 is 0 Å². The highest BCUT2D eigenvalue weighted by Gasteiger charge is 2.19. The fourth-order valence-corrected chi connectivity index (χ4v) is 3.41. The zero-order valence-electron chi connectivity index (χ0n) is 9.90. The third-order valence-electron chi connectivity index (χ3n) is 3.23. The third-order valence-corrected chi connectivity index (χ3v) is 4.36. The van der Waals surface area contributed by atoms with Gasteiger partial charge < -0.3 is 10.1 Å². The van der Waals surface area contributed by atoms with Crippen molar-refractivity contribution in [3.8, 4) is 5.75 Å². The standard InChI is InChI=1S/C13H16N2OS/c1-16-10-6-4-7-11-12(10)15-13(17-11)9-5-2-3-8-14-9/h4,6-7,9,14H,2-3,5,8H2,1H3. The zero-order chi connectivity index (χ0) is 11.7. The quantitative estimate of drug-likeness (QED) is 0.886. The van der Waals surface area contributed by atoms with Gasteiger partial charge in [0.25, 0.3) is 0 Å². The van der Waals surface area contributed by atoms with Gasteiger partial charge in [-0.15, -0.1) is 11.3 Å². The van der Waals surface area contributed by atoms with E-state index < -0.39 is 0 Å². The Kier molecular flexibility index (Phi) is 2.99. The van der Waals surface area contributed by atoms with Crippen molar-refractivity contribution in [3.05, 3.63) is 23.2 Å². The molecule has 1 aliphatic rings. The van der Waals surface area contributed by atoms with Crippen LogP contribution >= 0.6 is 11.3 Å². The molecule has 1 aromatic carbocycles. The van der Waals surface area contributed by atoms with Crippen molar-refractivity contribution >= 4 is 21.6 Å². The maximum absolute atomic E-state index is 5.35. The van der Waals surface area contributed by atoms with Gasteiger partial charge >= 0.3 is 0 Å². The molecule has 3 rings (SSSR count). The predicted molar refractivity (Wildman–Crippen MR) is 70.8 cm³/mol. The maximum Gasteiger partial charge on any atom is 0.145 e. The number of thiazole rings is 1. The van der Waals surface area contributed by atoms with E-state index in [0.29, 0.717) is 6.04 Å². The summed E-state index contributed by atoms with van der Waals surface area (Å²) in [5.74, 6) is 0.876.